The summed E-state index contributed by atoms with van der Waals surface area (Å²) in [5.41, 5.74) is 0. The van der Waals surface area contributed by atoms with E-state index in [1.807, 2.05) is 0 Å². The lowest BCUT2D eigenvalue weighted by Gasteiger charge is -2.40. The average molecular weight is 353 g/mol. The second-order valence-electron chi connectivity index (χ2n) is 8.96. The highest BCUT2D eigenvalue weighted by atomic mass is 16.5. The number of ether oxygens (including phenoxy) is 2. The smallest absolute Gasteiger partial charge is 0.0605 e. The Kier molecular flexibility index (Phi) is 9.84. The molecule has 0 saturated heterocycles. The molecule has 2 saturated carbocycles. The van der Waals surface area contributed by atoms with Gasteiger partial charge in [0.15, 0.2) is 0 Å². The average Bonchev–Trinajstić information content (AvgIpc) is 2.63. The molecule has 25 heavy (non-hydrogen) atoms. The molecular formula is C23H44O2. The van der Waals surface area contributed by atoms with Crippen molar-refractivity contribution in [3.05, 3.63) is 0 Å². The molecule has 2 heteroatoms. The zero-order valence-electron chi connectivity index (χ0n) is 17.5. The van der Waals surface area contributed by atoms with Gasteiger partial charge >= 0.3 is 0 Å². The predicted molar refractivity (Wildman–Crippen MR) is 107 cm³/mol. The van der Waals surface area contributed by atoms with Gasteiger partial charge in [-0.2, -0.15) is 0 Å². The molecule has 148 valence electrons. The lowest BCUT2D eigenvalue weighted by atomic mass is 9.77. The van der Waals surface area contributed by atoms with Crippen molar-refractivity contribution in [3.8, 4) is 0 Å². The summed E-state index contributed by atoms with van der Waals surface area (Å²) in [7, 11) is 0. The van der Waals surface area contributed by atoms with Crippen LogP contribution in [0.25, 0.3) is 0 Å². The van der Waals surface area contributed by atoms with Crippen molar-refractivity contribution >= 4 is 0 Å². The Morgan fingerprint density at radius 1 is 0.680 bits per heavy atom. The van der Waals surface area contributed by atoms with Crippen LogP contribution in [-0.2, 0) is 9.47 Å². The van der Waals surface area contributed by atoms with Gasteiger partial charge in [0.25, 0.3) is 0 Å². The largest absolute Gasteiger partial charge is 0.378 e. The second kappa shape index (κ2) is 11.6. The fourth-order valence-corrected chi connectivity index (χ4v) is 4.90. The molecule has 0 N–H and O–H groups in total. The van der Waals surface area contributed by atoms with Gasteiger partial charge in [-0.25, -0.2) is 0 Å². The van der Waals surface area contributed by atoms with Gasteiger partial charge in [-0.1, -0.05) is 66.2 Å². The first-order valence-electron chi connectivity index (χ1n) is 11.4. The van der Waals surface area contributed by atoms with Crippen molar-refractivity contribution in [3.63, 3.8) is 0 Å². The van der Waals surface area contributed by atoms with Crippen LogP contribution in [0.2, 0.25) is 0 Å². The lowest BCUT2D eigenvalue weighted by molar-refractivity contribution is -0.0988. The van der Waals surface area contributed by atoms with Gasteiger partial charge in [0, 0.05) is 13.2 Å². The van der Waals surface area contributed by atoms with Gasteiger partial charge in [-0.15, -0.1) is 0 Å². The van der Waals surface area contributed by atoms with Gasteiger partial charge in [0.2, 0.25) is 0 Å². The number of hydrogen-bond acceptors (Lipinski definition) is 2. The maximum atomic E-state index is 6.44. The molecule has 2 nitrogen and oxygen atoms in total. The molecule has 0 bridgehead atoms. The first-order chi connectivity index (χ1) is 12.2. The Morgan fingerprint density at radius 3 is 1.88 bits per heavy atom. The monoisotopic (exact) mass is 352 g/mol. The van der Waals surface area contributed by atoms with E-state index in [9.17, 15) is 0 Å². The van der Waals surface area contributed by atoms with Crippen molar-refractivity contribution < 1.29 is 9.47 Å². The van der Waals surface area contributed by atoms with Crippen LogP contribution >= 0.6 is 0 Å². The van der Waals surface area contributed by atoms with Crippen molar-refractivity contribution in [1.29, 1.82) is 0 Å². The van der Waals surface area contributed by atoms with Gasteiger partial charge in [0.1, 0.15) is 0 Å². The molecule has 0 aromatic heterocycles. The standard InChI is InChI=1S/C23H44O2/c1-5-7-8-9-20-10-12-21(13-11-20)17-25-23-15-14-22(24-16-6-2)18(3)19(23)4/h18-23H,5-17H2,1-4H3. The van der Waals surface area contributed by atoms with Gasteiger partial charge in [0.05, 0.1) is 12.2 Å². The summed E-state index contributed by atoms with van der Waals surface area (Å²) in [6.45, 7) is 11.2. The van der Waals surface area contributed by atoms with Gasteiger partial charge in [-0.05, 0) is 55.8 Å². The molecule has 0 aliphatic heterocycles. The minimum absolute atomic E-state index is 0.452. The summed E-state index contributed by atoms with van der Waals surface area (Å²) in [6.07, 6.45) is 15.8. The summed E-state index contributed by atoms with van der Waals surface area (Å²) in [4.78, 5) is 0. The maximum Gasteiger partial charge on any atom is 0.0605 e. The van der Waals surface area contributed by atoms with Crippen LogP contribution < -0.4 is 0 Å². The van der Waals surface area contributed by atoms with Crippen LogP contribution in [0.5, 0.6) is 0 Å². The van der Waals surface area contributed by atoms with Crippen LogP contribution in [0.15, 0.2) is 0 Å². The van der Waals surface area contributed by atoms with E-state index in [2.05, 4.69) is 27.7 Å². The molecule has 2 rings (SSSR count). The minimum Gasteiger partial charge on any atom is -0.378 e. The zero-order chi connectivity index (χ0) is 18.1. The van der Waals surface area contributed by atoms with Crippen LogP contribution in [-0.4, -0.2) is 25.4 Å². The molecular weight excluding hydrogens is 308 g/mol. The molecule has 0 heterocycles. The lowest BCUT2D eigenvalue weighted by Crippen LogP contribution is -2.41. The van der Waals surface area contributed by atoms with Gasteiger partial charge in [-0.3, -0.25) is 0 Å². The molecule has 0 radical (unpaired) electrons. The topological polar surface area (TPSA) is 18.5 Å². The van der Waals surface area contributed by atoms with Crippen LogP contribution in [0.1, 0.15) is 98.3 Å². The second-order valence-corrected chi connectivity index (χ2v) is 8.96. The molecule has 4 atom stereocenters. The van der Waals surface area contributed by atoms with Crippen LogP contribution in [0, 0.1) is 23.7 Å². The van der Waals surface area contributed by atoms with Crippen LogP contribution in [0.3, 0.4) is 0 Å². The molecule has 2 aliphatic carbocycles. The third-order valence-corrected chi connectivity index (χ3v) is 7.00. The quantitative estimate of drug-likeness (QED) is 0.411. The molecule has 0 amide bonds. The molecule has 0 aromatic carbocycles. The predicted octanol–water partition coefficient (Wildman–Crippen LogP) is 6.62. The fourth-order valence-electron chi connectivity index (χ4n) is 4.90. The van der Waals surface area contributed by atoms with E-state index < -0.39 is 0 Å². The highest BCUT2D eigenvalue weighted by molar-refractivity contribution is 4.85. The Labute approximate surface area is 157 Å². The molecule has 0 aromatic rings. The van der Waals surface area contributed by atoms with Crippen molar-refractivity contribution in [1.82, 2.24) is 0 Å². The number of rotatable bonds is 10. The van der Waals surface area contributed by atoms with Crippen molar-refractivity contribution in [2.75, 3.05) is 13.2 Å². The van der Waals surface area contributed by atoms with E-state index in [-0.39, 0.29) is 0 Å². The van der Waals surface area contributed by atoms with Crippen molar-refractivity contribution in [2.45, 2.75) is 111 Å². The highest BCUT2D eigenvalue weighted by Gasteiger charge is 2.35. The zero-order valence-corrected chi connectivity index (χ0v) is 17.5. The first-order valence-corrected chi connectivity index (χ1v) is 11.4. The van der Waals surface area contributed by atoms with Crippen molar-refractivity contribution in [2.24, 2.45) is 23.7 Å². The number of unbranched alkanes of at least 4 members (excludes halogenated alkanes) is 2. The number of hydrogen-bond donors (Lipinski definition) is 0. The fraction of sp³-hybridized carbons (Fsp3) is 1.00. The Morgan fingerprint density at radius 2 is 1.28 bits per heavy atom. The Balaban J connectivity index is 1.63. The summed E-state index contributed by atoms with van der Waals surface area (Å²) in [5, 5.41) is 0. The van der Waals surface area contributed by atoms with Gasteiger partial charge < -0.3 is 9.47 Å². The summed E-state index contributed by atoms with van der Waals surface area (Å²) in [6, 6.07) is 0. The third kappa shape index (κ3) is 6.86. The third-order valence-electron chi connectivity index (χ3n) is 7.00. The van der Waals surface area contributed by atoms with E-state index in [0.717, 1.165) is 31.5 Å². The van der Waals surface area contributed by atoms with E-state index in [1.165, 1.54) is 64.2 Å². The van der Waals surface area contributed by atoms with E-state index in [4.69, 9.17) is 9.47 Å². The first kappa shape index (κ1) is 21.2. The normalized spacial score (nSPS) is 36.5. The highest BCUT2D eigenvalue weighted by Crippen LogP contribution is 2.36. The van der Waals surface area contributed by atoms with E-state index in [1.54, 1.807) is 0 Å². The van der Waals surface area contributed by atoms with E-state index >= 15 is 0 Å². The summed E-state index contributed by atoms with van der Waals surface area (Å²) >= 11 is 0. The Hall–Kier alpha value is -0.0800. The summed E-state index contributed by atoms with van der Waals surface area (Å²) in [5.74, 6) is 3.08. The van der Waals surface area contributed by atoms with E-state index in [0.29, 0.717) is 24.0 Å². The molecule has 2 fully saturated rings. The minimum atomic E-state index is 0.452. The Bertz CT molecular complexity index is 335. The molecule has 0 spiro atoms. The SMILES string of the molecule is CCCCCC1CCC(COC2CCC(OCCC)C(C)C2C)CC1. The molecule has 2 aliphatic rings. The van der Waals surface area contributed by atoms with Crippen LogP contribution in [0.4, 0.5) is 0 Å². The maximum absolute atomic E-state index is 6.44. The summed E-state index contributed by atoms with van der Waals surface area (Å²) < 4.78 is 12.5. The molecule has 4 unspecified atom stereocenters.